The third-order valence-corrected chi connectivity index (χ3v) is 11.0. The van der Waals surface area contributed by atoms with Crippen molar-refractivity contribution in [3.05, 3.63) is 53.3 Å². The van der Waals surface area contributed by atoms with Crippen LogP contribution in [-0.4, -0.2) is 114 Å². The average Bonchev–Trinajstić information content (AvgIpc) is 3.83. The molecule has 1 fully saturated rings. The van der Waals surface area contributed by atoms with E-state index in [9.17, 15) is 32.4 Å². The number of benzene rings is 1. The summed E-state index contributed by atoms with van der Waals surface area (Å²) in [4.78, 5) is 72.3. The summed E-state index contributed by atoms with van der Waals surface area (Å²) in [5.74, 6) is -2.03. The highest BCUT2D eigenvalue weighted by atomic mass is 35.5. The number of allylic oxidation sites excluding steroid dienone is 2. The fraction of sp³-hybridized carbons (Fsp3) is 0.600. The summed E-state index contributed by atoms with van der Waals surface area (Å²) >= 11 is 6.45. The molecule has 3 N–H and O–H groups in total. The number of ether oxygens (including phenoxy) is 1. The minimum absolute atomic E-state index is 0.00331. The molecule has 1 aliphatic heterocycles. The van der Waals surface area contributed by atoms with Gasteiger partial charge in [0, 0.05) is 37.6 Å². The Morgan fingerprint density at radius 3 is 2.39 bits per heavy atom. The Morgan fingerprint density at radius 2 is 1.77 bits per heavy atom. The molecule has 314 valence electrons. The van der Waals surface area contributed by atoms with Crippen molar-refractivity contribution >= 4 is 51.3 Å². The molecule has 2 aliphatic rings. The molecule has 0 saturated heterocycles. The molecule has 4 rings (SSSR count). The van der Waals surface area contributed by atoms with Crippen molar-refractivity contribution in [1.29, 1.82) is 0 Å². The van der Waals surface area contributed by atoms with Gasteiger partial charge in [0.2, 0.25) is 23.6 Å². The molecule has 2 aromatic rings. The molecule has 1 aromatic heterocycles. The molecule has 4 atom stereocenters. The van der Waals surface area contributed by atoms with Crippen LogP contribution in [0, 0.1) is 11.8 Å². The molecule has 2 heterocycles. The van der Waals surface area contributed by atoms with Gasteiger partial charge in [0.15, 0.2) is 0 Å². The van der Waals surface area contributed by atoms with Gasteiger partial charge in [0.1, 0.15) is 29.8 Å². The highest BCUT2D eigenvalue weighted by molar-refractivity contribution is 7.89. The molecular weight excluding hydrogens is 774 g/mol. The van der Waals surface area contributed by atoms with Gasteiger partial charge in [-0.3, -0.25) is 19.2 Å². The number of alkyl carbamates (subject to hydrolysis) is 1. The Morgan fingerprint density at radius 1 is 1.09 bits per heavy atom. The predicted molar refractivity (Wildman–Crippen MR) is 218 cm³/mol. The van der Waals surface area contributed by atoms with Crippen LogP contribution in [-0.2, 0) is 40.4 Å². The standard InChI is InChI=1S/C40H58ClN7O8S/c1-25(2)20-31-37(51)47(7)33(22-27-21-29(41)17-18-30(27)28-23-43-48(24-28)57(8,54)55)35(49)42-19-13-11-9-10-12-14-32(36(50)44-31)46(6)38(52)34(26-15-16-26)45-39(53)56-40(3,4)5/h9-10,17-18,21,23-26,31-34H,11-16,19-20,22H2,1-8H3,(H,42,49)(H,44,50)(H,45,53)/b10-9+/t31-,32-,33-,34-/m0/s1. The number of nitrogens with one attached hydrogen (secondary N) is 3. The van der Waals surface area contributed by atoms with Gasteiger partial charge in [0.25, 0.3) is 10.0 Å². The van der Waals surface area contributed by atoms with Gasteiger partial charge in [-0.1, -0.05) is 43.7 Å². The number of amides is 5. The number of carbonyl (C=O) groups is 5. The number of likely N-dealkylation sites (N-methyl/N-ethyl adjacent to an activating group) is 2. The lowest BCUT2D eigenvalue weighted by Gasteiger charge is -2.34. The smallest absolute Gasteiger partial charge is 0.408 e. The quantitative estimate of drug-likeness (QED) is 0.294. The van der Waals surface area contributed by atoms with E-state index in [1.54, 1.807) is 39.0 Å². The third-order valence-electron chi connectivity index (χ3n) is 9.90. The van der Waals surface area contributed by atoms with Crippen LogP contribution in [0.1, 0.15) is 85.1 Å². The predicted octanol–water partition coefficient (Wildman–Crippen LogP) is 4.29. The number of carbonyl (C=O) groups excluding carboxylic acids is 5. The minimum atomic E-state index is -3.67. The summed E-state index contributed by atoms with van der Waals surface area (Å²) in [7, 11) is -0.618. The van der Waals surface area contributed by atoms with E-state index in [0.717, 1.165) is 23.2 Å². The maximum atomic E-state index is 14.5. The van der Waals surface area contributed by atoms with Crippen molar-refractivity contribution in [2.75, 3.05) is 26.9 Å². The summed E-state index contributed by atoms with van der Waals surface area (Å²) in [6.07, 6.45) is 10.7. The first-order valence-corrected chi connectivity index (χ1v) is 21.7. The lowest BCUT2D eigenvalue weighted by molar-refractivity contribution is -0.145. The molecule has 0 spiro atoms. The molecule has 1 saturated carbocycles. The van der Waals surface area contributed by atoms with Gasteiger partial charge in [-0.2, -0.15) is 9.19 Å². The second kappa shape index (κ2) is 19.3. The van der Waals surface area contributed by atoms with Crippen LogP contribution < -0.4 is 16.0 Å². The number of aromatic nitrogens is 2. The van der Waals surface area contributed by atoms with Crippen LogP contribution in [0.15, 0.2) is 42.7 Å². The molecule has 1 aromatic carbocycles. The number of rotatable bonds is 10. The SMILES string of the molecule is CC(C)C[C@@H]1NC(=O)[C@@H](N(C)C(=O)[C@@H](NC(=O)OC(C)(C)C)C2CC2)CC/C=C/CCCNC(=O)[C@H](Cc2cc(Cl)ccc2-c2cnn(S(C)(=O)=O)c2)N(C)C1=O. The van der Waals surface area contributed by atoms with Crippen molar-refractivity contribution < 1.29 is 37.1 Å². The number of hydrogen-bond acceptors (Lipinski definition) is 9. The second-order valence-electron chi connectivity index (χ2n) is 16.4. The molecular formula is C40H58ClN7O8S. The van der Waals surface area contributed by atoms with Crippen LogP contribution in [0.4, 0.5) is 4.79 Å². The molecule has 0 unspecified atom stereocenters. The maximum absolute atomic E-state index is 14.5. The van der Waals surface area contributed by atoms with Crippen molar-refractivity contribution in [3.63, 3.8) is 0 Å². The molecule has 0 bridgehead atoms. The molecule has 17 heteroatoms. The summed E-state index contributed by atoms with van der Waals surface area (Å²) in [5.41, 5.74) is 0.853. The van der Waals surface area contributed by atoms with Crippen molar-refractivity contribution in [2.24, 2.45) is 11.8 Å². The lowest BCUT2D eigenvalue weighted by atomic mass is 9.94. The highest BCUT2D eigenvalue weighted by Crippen LogP contribution is 2.34. The van der Waals surface area contributed by atoms with Crippen LogP contribution in [0.2, 0.25) is 5.02 Å². The van der Waals surface area contributed by atoms with Gasteiger partial charge in [-0.05, 0) is 101 Å². The van der Waals surface area contributed by atoms with Gasteiger partial charge in [-0.15, -0.1) is 0 Å². The van der Waals surface area contributed by atoms with Gasteiger partial charge >= 0.3 is 6.09 Å². The molecule has 15 nitrogen and oxygen atoms in total. The fourth-order valence-corrected chi connectivity index (χ4v) is 7.49. The average molecular weight is 832 g/mol. The first-order chi connectivity index (χ1) is 26.7. The monoisotopic (exact) mass is 831 g/mol. The van der Waals surface area contributed by atoms with E-state index in [1.165, 1.54) is 36.3 Å². The minimum Gasteiger partial charge on any atom is -0.444 e. The van der Waals surface area contributed by atoms with E-state index in [1.807, 2.05) is 26.0 Å². The van der Waals surface area contributed by atoms with Crippen molar-refractivity contribution in [1.82, 2.24) is 34.9 Å². The lowest BCUT2D eigenvalue weighted by Crippen LogP contribution is -2.59. The van der Waals surface area contributed by atoms with Crippen LogP contribution in [0.25, 0.3) is 11.1 Å². The largest absolute Gasteiger partial charge is 0.444 e. The summed E-state index contributed by atoms with van der Waals surface area (Å²) in [6.45, 7) is 9.37. The topological polar surface area (TPSA) is 189 Å². The van der Waals surface area contributed by atoms with E-state index >= 15 is 0 Å². The third kappa shape index (κ3) is 13.0. The molecule has 0 radical (unpaired) electrons. The first kappa shape index (κ1) is 45.3. The zero-order chi connectivity index (χ0) is 42.2. The van der Waals surface area contributed by atoms with Gasteiger partial charge in [0.05, 0.1) is 18.6 Å². The van der Waals surface area contributed by atoms with Crippen molar-refractivity contribution in [2.45, 2.75) is 116 Å². The Labute approximate surface area is 341 Å². The summed E-state index contributed by atoms with van der Waals surface area (Å²) in [6, 6.07) is 1.04. The number of hydrogen-bond donors (Lipinski definition) is 3. The highest BCUT2D eigenvalue weighted by Gasteiger charge is 2.42. The van der Waals surface area contributed by atoms with Crippen molar-refractivity contribution in [3.8, 4) is 11.1 Å². The van der Waals surface area contributed by atoms with Gasteiger partial charge in [-0.25, -0.2) is 13.2 Å². The fourth-order valence-electron chi connectivity index (χ4n) is 6.77. The Bertz CT molecular complexity index is 1920. The molecule has 57 heavy (non-hydrogen) atoms. The van der Waals surface area contributed by atoms with E-state index in [0.29, 0.717) is 47.5 Å². The maximum Gasteiger partial charge on any atom is 0.408 e. The van der Waals surface area contributed by atoms with Gasteiger partial charge < -0.3 is 30.5 Å². The van der Waals surface area contributed by atoms with E-state index in [2.05, 4.69) is 21.0 Å². The normalized spacial score (nSPS) is 21.7. The Kier molecular flexibility index (Phi) is 15.4. The summed E-state index contributed by atoms with van der Waals surface area (Å²) in [5, 5.41) is 13.0. The first-order valence-electron chi connectivity index (χ1n) is 19.5. The Hall–Kier alpha value is -4.44. The number of halogens is 1. The zero-order valence-electron chi connectivity index (χ0n) is 34.2. The molecule has 1 aliphatic carbocycles. The van der Waals surface area contributed by atoms with E-state index in [4.69, 9.17) is 16.3 Å². The van der Waals surface area contributed by atoms with E-state index < -0.39 is 69.5 Å². The number of nitrogens with zero attached hydrogens (tertiary/aromatic N) is 4. The van der Waals surface area contributed by atoms with E-state index in [-0.39, 0.29) is 31.1 Å². The van der Waals surface area contributed by atoms with Crippen LogP contribution in [0.5, 0.6) is 0 Å². The van der Waals surface area contributed by atoms with Crippen LogP contribution >= 0.6 is 11.6 Å². The second-order valence-corrected chi connectivity index (χ2v) is 18.7. The Balaban J connectivity index is 1.67. The van der Waals surface area contributed by atoms with Crippen LogP contribution in [0.3, 0.4) is 0 Å². The zero-order valence-corrected chi connectivity index (χ0v) is 35.8. The molecule has 5 amide bonds. The summed E-state index contributed by atoms with van der Waals surface area (Å²) < 4.78 is 30.7.